The van der Waals surface area contributed by atoms with E-state index >= 15 is 0 Å². The van der Waals surface area contributed by atoms with Gasteiger partial charge in [0.1, 0.15) is 5.75 Å². The number of halogens is 3. The molecule has 0 amide bonds. The molecule has 0 radical (unpaired) electrons. The van der Waals surface area contributed by atoms with E-state index < -0.39 is 6.61 Å². The lowest BCUT2D eigenvalue weighted by Gasteiger charge is -2.09. The summed E-state index contributed by atoms with van der Waals surface area (Å²) >= 11 is 5.54. The molecule has 0 aliphatic heterocycles. The van der Waals surface area contributed by atoms with Crippen molar-refractivity contribution >= 4 is 11.6 Å². The number of rotatable bonds is 3. The molecule has 1 rings (SSSR count). The summed E-state index contributed by atoms with van der Waals surface area (Å²) in [6, 6.07) is 5.03. The van der Waals surface area contributed by atoms with Crippen molar-refractivity contribution in [2.24, 2.45) is 0 Å². The predicted molar refractivity (Wildman–Crippen MR) is 47.4 cm³/mol. The van der Waals surface area contributed by atoms with Gasteiger partial charge in [0.05, 0.1) is 5.88 Å². The first kappa shape index (κ1) is 10.3. The maximum absolute atomic E-state index is 11.9. The highest BCUT2D eigenvalue weighted by Gasteiger charge is 2.08. The van der Waals surface area contributed by atoms with Crippen molar-refractivity contribution in [2.75, 3.05) is 0 Å². The van der Waals surface area contributed by atoms with Crippen LogP contribution in [0.1, 0.15) is 11.1 Å². The molecule has 1 aromatic carbocycles. The molecule has 0 spiro atoms. The van der Waals surface area contributed by atoms with Crippen molar-refractivity contribution in [3.63, 3.8) is 0 Å². The summed E-state index contributed by atoms with van der Waals surface area (Å²) in [6.45, 7) is -1.00. The lowest BCUT2D eigenvalue weighted by atomic mass is 10.1. The molecule has 72 valence electrons. The summed E-state index contributed by atoms with van der Waals surface area (Å²) in [7, 11) is 0. The zero-order valence-electron chi connectivity index (χ0n) is 7.06. The van der Waals surface area contributed by atoms with Crippen molar-refractivity contribution in [3.05, 3.63) is 29.3 Å². The second kappa shape index (κ2) is 4.42. The molecule has 13 heavy (non-hydrogen) atoms. The molecule has 1 nitrogen and oxygen atoms in total. The van der Waals surface area contributed by atoms with Crippen LogP contribution in [0.25, 0.3) is 0 Å². The summed E-state index contributed by atoms with van der Waals surface area (Å²) in [5.41, 5.74) is 1.44. The standard InChI is InChI=1S/C9H9ClF2O/c1-6-2-3-7(5-10)8(4-6)13-9(11)12/h2-4,9H,5H2,1H3. The van der Waals surface area contributed by atoms with E-state index in [2.05, 4.69) is 4.74 Å². The molecule has 0 aliphatic rings. The number of benzene rings is 1. The Morgan fingerprint density at radius 1 is 1.46 bits per heavy atom. The van der Waals surface area contributed by atoms with E-state index in [9.17, 15) is 8.78 Å². The minimum Gasteiger partial charge on any atom is -0.434 e. The average molecular weight is 207 g/mol. The van der Waals surface area contributed by atoms with Crippen LogP contribution in [-0.2, 0) is 5.88 Å². The Bertz CT molecular complexity index is 289. The Kier molecular flexibility index (Phi) is 3.48. The van der Waals surface area contributed by atoms with E-state index in [1.165, 1.54) is 0 Å². The summed E-state index contributed by atoms with van der Waals surface area (Å²) in [6.07, 6.45) is 0. The van der Waals surface area contributed by atoms with Crippen molar-refractivity contribution in [3.8, 4) is 5.75 Å². The summed E-state index contributed by atoms with van der Waals surface area (Å²) < 4.78 is 28.1. The minimum absolute atomic E-state index is 0.157. The van der Waals surface area contributed by atoms with Gasteiger partial charge in [-0.2, -0.15) is 8.78 Å². The summed E-state index contributed by atoms with van der Waals surface area (Å²) in [5, 5.41) is 0. The molecule has 1 aromatic rings. The predicted octanol–water partition coefficient (Wildman–Crippen LogP) is 3.34. The smallest absolute Gasteiger partial charge is 0.387 e. The fraction of sp³-hybridized carbons (Fsp3) is 0.333. The van der Waals surface area contributed by atoms with Gasteiger partial charge in [0, 0.05) is 5.56 Å². The molecule has 0 unspecified atom stereocenters. The third kappa shape index (κ3) is 2.84. The second-order valence-electron chi connectivity index (χ2n) is 2.62. The highest BCUT2D eigenvalue weighted by Crippen LogP contribution is 2.23. The van der Waals surface area contributed by atoms with E-state index in [1.54, 1.807) is 25.1 Å². The molecule has 0 atom stereocenters. The van der Waals surface area contributed by atoms with Gasteiger partial charge in [-0.3, -0.25) is 0 Å². The third-order valence-electron chi connectivity index (χ3n) is 1.58. The molecular weight excluding hydrogens is 198 g/mol. The van der Waals surface area contributed by atoms with Crippen molar-refractivity contribution in [1.82, 2.24) is 0 Å². The first-order valence-corrected chi connectivity index (χ1v) is 4.27. The van der Waals surface area contributed by atoms with Gasteiger partial charge in [0.25, 0.3) is 0 Å². The van der Waals surface area contributed by atoms with Crippen LogP contribution in [0.2, 0.25) is 0 Å². The Morgan fingerprint density at radius 3 is 2.69 bits per heavy atom. The molecule has 0 aromatic heterocycles. The number of alkyl halides is 3. The van der Waals surface area contributed by atoms with Gasteiger partial charge in [0.2, 0.25) is 0 Å². The maximum atomic E-state index is 11.9. The topological polar surface area (TPSA) is 9.23 Å². The van der Waals surface area contributed by atoms with E-state index in [4.69, 9.17) is 11.6 Å². The van der Waals surface area contributed by atoms with Crippen LogP contribution in [0.4, 0.5) is 8.78 Å². The maximum Gasteiger partial charge on any atom is 0.387 e. The average Bonchev–Trinajstić information content (AvgIpc) is 2.03. The monoisotopic (exact) mass is 206 g/mol. The van der Waals surface area contributed by atoms with E-state index in [0.717, 1.165) is 5.56 Å². The molecule has 0 heterocycles. The molecule has 0 N–H and O–H groups in total. The van der Waals surface area contributed by atoms with E-state index in [-0.39, 0.29) is 11.6 Å². The van der Waals surface area contributed by atoms with E-state index in [0.29, 0.717) is 5.56 Å². The lowest BCUT2D eigenvalue weighted by Crippen LogP contribution is -2.04. The van der Waals surface area contributed by atoms with Gasteiger partial charge in [-0.1, -0.05) is 12.1 Å². The molecule has 0 aliphatic carbocycles. The van der Waals surface area contributed by atoms with Crippen LogP contribution in [0.3, 0.4) is 0 Å². The highest BCUT2D eigenvalue weighted by molar-refractivity contribution is 6.17. The molecule has 0 saturated carbocycles. The largest absolute Gasteiger partial charge is 0.434 e. The van der Waals surface area contributed by atoms with Gasteiger partial charge in [-0.05, 0) is 18.6 Å². The van der Waals surface area contributed by atoms with Gasteiger partial charge < -0.3 is 4.74 Å². The van der Waals surface area contributed by atoms with Gasteiger partial charge in [-0.15, -0.1) is 11.6 Å². The Labute approximate surface area is 80.3 Å². The fourth-order valence-corrected chi connectivity index (χ4v) is 1.20. The lowest BCUT2D eigenvalue weighted by molar-refractivity contribution is -0.0503. The van der Waals surface area contributed by atoms with Gasteiger partial charge >= 0.3 is 6.61 Å². The van der Waals surface area contributed by atoms with Crippen LogP contribution in [0.15, 0.2) is 18.2 Å². The second-order valence-corrected chi connectivity index (χ2v) is 2.89. The van der Waals surface area contributed by atoms with Crippen molar-refractivity contribution < 1.29 is 13.5 Å². The van der Waals surface area contributed by atoms with Gasteiger partial charge in [-0.25, -0.2) is 0 Å². The Balaban J connectivity index is 2.94. The van der Waals surface area contributed by atoms with Crippen molar-refractivity contribution in [1.29, 1.82) is 0 Å². The van der Waals surface area contributed by atoms with Crippen molar-refractivity contribution in [2.45, 2.75) is 19.4 Å². The SMILES string of the molecule is Cc1ccc(CCl)c(OC(F)F)c1. The Morgan fingerprint density at radius 2 is 2.15 bits per heavy atom. The normalized spacial score (nSPS) is 10.5. The number of hydrogen-bond acceptors (Lipinski definition) is 1. The third-order valence-corrected chi connectivity index (χ3v) is 1.87. The molecule has 4 heteroatoms. The van der Waals surface area contributed by atoms with Crippen LogP contribution < -0.4 is 4.74 Å². The zero-order valence-corrected chi connectivity index (χ0v) is 7.81. The number of aryl methyl sites for hydroxylation is 1. The molecule has 0 saturated heterocycles. The van der Waals surface area contributed by atoms with Crippen LogP contribution in [-0.4, -0.2) is 6.61 Å². The minimum atomic E-state index is -2.80. The highest BCUT2D eigenvalue weighted by atomic mass is 35.5. The quantitative estimate of drug-likeness (QED) is 0.690. The molecule has 0 bridgehead atoms. The van der Waals surface area contributed by atoms with Crippen LogP contribution >= 0.6 is 11.6 Å². The van der Waals surface area contributed by atoms with Crippen LogP contribution in [0.5, 0.6) is 5.75 Å². The number of ether oxygens (including phenoxy) is 1. The molecule has 0 fully saturated rings. The fourth-order valence-electron chi connectivity index (χ4n) is 0.978. The number of hydrogen-bond donors (Lipinski definition) is 0. The molecular formula is C9H9ClF2O. The van der Waals surface area contributed by atoms with Gasteiger partial charge in [0.15, 0.2) is 0 Å². The summed E-state index contributed by atoms with van der Waals surface area (Å²) in [5.74, 6) is 0.326. The summed E-state index contributed by atoms with van der Waals surface area (Å²) in [4.78, 5) is 0. The zero-order chi connectivity index (χ0) is 9.84. The van der Waals surface area contributed by atoms with E-state index in [1.807, 2.05) is 0 Å². The Hall–Kier alpha value is -0.830. The first-order chi connectivity index (χ1) is 6.13. The van der Waals surface area contributed by atoms with Crippen LogP contribution in [0, 0.1) is 6.92 Å². The first-order valence-electron chi connectivity index (χ1n) is 3.74.